The number of piperazine rings is 1. The molecule has 1 amide bonds. The van der Waals surface area contributed by atoms with Crippen molar-refractivity contribution in [1.29, 1.82) is 0 Å². The lowest BCUT2D eigenvalue weighted by atomic mass is 10.1. The summed E-state index contributed by atoms with van der Waals surface area (Å²) in [5.41, 5.74) is 6.49. The number of aromatic nitrogens is 5. The van der Waals surface area contributed by atoms with E-state index < -0.39 is 5.97 Å². The second kappa shape index (κ2) is 12.7. The molecule has 11 nitrogen and oxygen atoms in total. The maximum atomic E-state index is 13.9. The van der Waals surface area contributed by atoms with Crippen LogP contribution in [0.2, 0.25) is 0 Å². The van der Waals surface area contributed by atoms with Crippen molar-refractivity contribution in [2.75, 3.05) is 36.4 Å². The first-order valence-corrected chi connectivity index (χ1v) is 15.4. The molecule has 0 aliphatic carbocycles. The monoisotopic (exact) mass is 624 g/mol. The van der Waals surface area contributed by atoms with E-state index in [2.05, 4.69) is 32.7 Å². The SMILES string of the molecule is Cc1ccc(C(=O)N2CCN(c3nc(-c4ccccc4)c4ccccc4n3)CC2)c(-n2cc(CNc3cccc(C(=O)O)c3)nn2)c1. The molecule has 2 aromatic heterocycles. The summed E-state index contributed by atoms with van der Waals surface area (Å²) in [6, 6.07) is 30.5. The minimum absolute atomic E-state index is 0.0790. The summed E-state index contributed by atoms with van der Waals surface area (Å²) in [5.74, 6) is -0.411. The Labute approximate surface area is 271 Å². The molecule has 234 valence electrons. The molecule has 0 bridgehead atoms. The zero-order valence-electron chi connectivity index (χ0n) is 25.7. The van der Waals surface area contributed by atoms with Crippen LogP contribution in [-0.4, -0.2) is 73.0 Å². The number of hydrogen-bond acceptors (Lipinski definition) is 8. The number of benzene rings is 4. The summed E-state index contributed by atoms with van der Waals surface area (Å²) < 4.78 is 1.62. The van der Waals surface area contributed by atoms with Crippen LogP contribution in [0.25, 0.3) is 27.8 Å². The number of hydrogen-bond donors (Lipinski definition) is 2. The molecule has 11 heteroatoms. The highest BCUT2D eigenvalue weighted by molar-refractivity contribution is 5.98. The lowest BCUT2D eigenvalue weighted by Crippen LogP contribution is -2.49. The molecule has 1 aliphatic rings. The van der Waals surface area contributed by atoms with Gasteiger partial charge in [-0.1, -0.05) is 65.9 Å². The minimum atomic E-state index is -0.989. The number of nitrogens with one attached hydrogen (secondary N) is 1. The van der Waals surface area contributed by atoms with Crippen molar-refractivity contribution in [2.45, 2.75) is 13.5 Å². The normalized spacial score (nSPS) is 13.1. The number of anilines is 2. The molecule has 0 unspecified atom stereocenters. The molecule has 4 aromatic carbocycles. The van der Waals surface area contributed by atoms with Crippen LogP contribution >= 0.6 is 0 Å². The number of carbonyl (C=O) groups is 2. The number of carboxylic acids is 1. The maximum absolute atomic E-state index is 13.9. The van der Waals surface area contributed by atoms with Gasteiger partial charge in [-0.2, -0.15) is 0 Å². The number of amides is 1. The Morgan fingerprint density at radius 2 is 1.64 bits per heavy atom. The summed E-state index contributed by atoms with van der Waals surface area (Å²) >= 11 is 0. The van der Waals surface area contributed by atoms with Crippen LogP contribution < -0.4 is 10.2 Å². The number of nitrogens with zero attached hydrogens (tertiary/aromatic N) is 7. The van der Waals surface area contributed by atoms with E-state index in [0.29, 0.717) is 61.3 Å². The molecule has 1 saturated heterocycles. The minimum Gasteiger partial charge on any atom is -0.478 e. The van der Waals surface area contributed by atoms with Crippen LogP contribution in [0.1, 0.15) is 32.0 Å². The van der Waals surface area contributed by atoms with E-state index in [-0.39, 0.29) is 11.5 Å². The zero-order valence-corrected chi connectivity index (χ0v) is 25.7. The highest BCUT2D eigenvalue weighted by atomic mass is 16.4. The number of rotatable bonds is 8. The number of carbonyl (C=O) groups excluding carboxylic acids is 1. The molecule has 1 fully saturated rings. The van der Waals surface area contributed by atoms with Gasteiger partial charge in [0.15, 0.2) is 0 Å². The maximum Gasteiger partial charge on any atom is 0.335 e. The van der Waals surface area contributed by atoms with Gasteiger partial charge in [0.1, 0.15) is 5.69 Å². The van der Waals surface area contributed by atoms with Crippen LogP contribution in [0.5, 0.6) is 0 Å². The third-order valence-corrected chi connectivity index (χ3v) is 8.24. The topological polar surface area (TPSA) is 129 Å². The number of fused-ring (bicyclic) bond motifs is 1. The Bertz CT molecular complexity index is 2090. The molecular weight excluding hydrogens is 592 g/mol. The van der Waals surface area contributed by atoms with Crippen LogP contribution in [0.4, 0.5) is 11.6 Å². The molecular formula is C36H32N8O3. The molecule has 47 heavy (non-hydrogen) atoms. The van der Waals surface area contributed by atoms with Crippen LogP contribution in [-0.2, 0) is 6.54 Å². The molecule has 0 saturated carbocycles. The van der Waals surface area contributed by atoms with Crippen molar-refractivity contribution in [3.05, 3.63) is 126 Å². The molecule has 2 N–H and O–H groups in total. The second-order valence-corrected chi connectivity index (χ2v) is 11.4. The summed E-state index contributed by atoms with van der Waals surface area (Å²) in [5, 5.41) is 22.1. The van der Waals surface area contributed by atoms with Gasteiger partial charge in [0.05, 0.1) is 40.8 Å². The average molecular weight is 625 g/mol. The second-order valence-electron chi connectivity index (χ2n) is 11.4. The number of para-hydroxylation sites is 1. The lowest BCUT2D eigenvalue weighted by molar-refractivity contribution is 0.0695. The van der Waals surface area contributed by atoms with Crippen LogP contribution in [0.15, 0.2) is 103 Å². The highest BCUT2D eigenvalue weighted by Gasteiger charge is 2.26. The zero-order chi connectivity index (χ0) is 32.3. The fourth-order valence-electron chi connectivity index (χ4n) is 5.77. The Kier molecular flexibility index (Phi) is 8.01. The Balaban J connectivity index is 1.07. The van der Waals surface area contributed by atoms with E-state index in [9.17, 15) is 14.7 Å². The van der Waals surface area contributed by atoms with Crippen molar-refractivity contribution in [3.8, 4) is 16.9 Å². The molecule has 0 atom stereocenters. The van der Waals surface area contributed by atoms with Crippen molar-refractivity contribution >= 4 is 34.4 Å². The van der Waals surface area contributed by atoms with Crippen molar-refractivity contribution in [2.24, 2.45) is 0 Å². The number of aryl methyl sites for hydroxylation is 1. The Morgan fingerprint density at radius 1 is 0.851 bits per heavy atom. The quantitative estimate of drug-likeness (QED) is 0.227. The fraction of sp³-hybridized carbons (Fsp3) is 0.167. The molecule has 6 aromatic rings. The van der Waals surface area contributed by atoms with E-state index in [1.54, 1.807) is 35.1 Å². The van der Waals surface area contributed by atoms with Gasteiger partial charge in [-0.3, -0.25) is 4.79 Å². The summed E-state index contributed by atoms with van der Waals surface area (Å²) in [6.45, 7) is 4.54. The van der Waals surface area contributed by atoms with E-state index in [1.165, 1.54) is 0 Å². The molecule has 7 rings (SSSR count). The predicted molar refractivity (Wildman–Crippen MR) is 180 cm³/mol. The fourth-order valence-corrected chi connectivity index (χ4v) is 5.77. The number of aromatic carboxylic acids is 1. The van der Waals surface area contributed by atoms with Crippen molar-refractivity contribution in [1.82, 2.24) is 29.9 Å². The van der Waals surface area contributed by atoms with Gasteiger partial charge in [0, 0.05) is 42.8 Å². The van der Waals surface area contributed by atoms with Gasteiger partial charge in [-0.15, -0.1) is 5.10 Å². The third kappa shape index (κ3) is 6.23. The number of carboxylic acid groups (broad SMARTS) is 1. The molecule has 1 aliphatic heterocycles. The van der Waals surface area contributed by atoms with E-state index in [4.69, 9.17) is 9.97 Å². The summed E-state index contributed by atoms with van der Waals surface area (Å²) in [6.07, 6.45) is 1.78. The molecule has 3 heterocycles. The highest BCUT2D eigenvalue weighted by Crippen LogP contribution is 2.29. The van der Waals surface area contributed by atoms with Crippen molar-refractivity contribution < 1.29 is 14.7 Å². The van der Waals surface area contributed by atoms with Crippen molar-refractivity contribution in [3.63, 3.8) is 0 Å². The predicted octanol–water partition coefficient (Wildman–Crippen LogP) is 5.46. The lowest BCUT2D eigenvalue weighted by Gasteiger charge is -2.35. The Morgan fingerprint density at radius 3 is 2.45 bits per heavy atom. The van der Waals surface area contributed by atoms with E-state index in [1.807, 2.05) is 72.5 Å². The van der Waals surface area contributed by atoms with Gasteiger partial charge in [0.25, 0.3) is 5.91 Å². The van der Waals surface area contributed by atoms with Gasteiger partial charge in [-0.25, -0.2) is 19.4 Å². The van der Waals surface area contributed by atoms with Gasteiger partial charge in [0.2, 0.25) is 5.95 Å². The van der Waals surface area contributed by atoms with Crippen LogP contribution in [0.3, 0.4) is 0 Å². The van der Waals surface area contributed by atoms with E-state index >= 15 is 0 Å². The van der Waals surface area contributed by atoms with Gasteiger partial charge < -0.3 is 20.2 Å². The largest absolute Gasteiger partial charge is 0.478 e. The first-order chi connectivity index (χ1) is 22.9. The van der Waals surface area contributed by atoms with Gasteiger partial charge >= 0.3 is 5.97 Å². The van der Waals surface area contributed by atoms with Gasteiger partial charge in [-0.05, 0) is 48.9 Å². The first kappa shape index (κ1) is 29.6. The average Bonchev–Trinajstić information content (AvgIpc) is 3.59. The first-order valence-electron chi connectivity index (χ1n) is 15.4. The summed E-state index contributed by atoms with van der Waals surface area (Å²) in [4.78, 5) is 39.1. The molecule has 0 radical (unpaired) electrons. The Hall–Kier alpha value is -6.10. The van der Waals surface area contributed by atoms with E-state index in [0.717, 1.165) is 27.7 Å². The van der Waals surface area contributed by atoms with Crippen LogP contribution in [0, 0.1) is 6.92 Å². The third-order valence-electron chi connectivity index (χ3n) is 8.24. The molecule has 0 spiro atoms. The summed E-state index contributed by atoms with van der Waals surface area (Å²) in [7, 11) is 0. The standard InChI is InChI=1S/C36H32N8O3/c1-24-14-15-30(32(20-24)44-23-28(40-41-44)22-37-27-11-7-10-26(21-27)35(46)47)34(45)42-16-18-43(19-17-42)36-38-31-13-6-5-12-29(31)33(39-36)25-8-3-2-4-9-25/h2-15,20-21,23,37H,16-19,22H2,1H3,(H,46,47). The smallest absolute Gasteiger partial charge is 0.335 e.